The van der Waals surface area contributed by atoms with Crippen molar-refractivity contribution in [3.05, 3.63) is 92.6 Å². The van der Waals surface area contributed by atoms with Crippen LogP contribution in [0.2, 0.25) is 10.0 Å². The van der Waals surface area contributed by atoms with Gasteiger partial charge < -0.3 is 24.4 Å². The summed E-state index contributed by atoms with van der Waals surface area (Å²) in [5.74, 6) is 0.272. The summed E-state index contributed by atoms with van der Waals surface area (Å²) in [6.45, 7) is 11.3. The number of esters is 1. The van der Waals surface area contributed by atoms with Gasteiger partial charge in [0, 0.05) is 65.6 Å². The molecule has 0 bridgehead atoms. The number of carbonyl (C=O) groups is 3. The topological polar surface area (TPSA) is 158 Å². The number of halogens is 2. The number of methoxy groups -OCH3 is 1. The van der Waals surface area contributed by atoms with Gasteiger partial charge in [-0.1, -0.05) is 59.6 Å². The molecule has 1 saturated heterocycles. The van der Waals surface area contributed by atoms with Gasteiger partial charge in [-0.05, 0) is 66.2 Å². The normalized spacial score (nSPS) is 14.3. The molecule has 16 heteroatoms. The van der Waals surface area contributed by atoms with Crippen molar-refractivity contribution in [1.29, 1.82) is 0 Å². The molecule has 0 aliphatic carbocycles. The van der Waals surface area contributed by atoms with E-state index in [9.17, 15) is 19.2 Å². The Morgan fingerprint density at radius 1 is 0.932 bits per heavy atom. The maximum absolute atomic E-state index is 13.4. The third-order valence-corrected chi connectivity index (χ3v) is 10.3. The number of rotatable bonds is 12. The van der Waals surface area contributed by atoms with Crippen LogP contribution < -0.4 is 20.9 Å². The van der Waals surface area contributed by atoms with Crippen LogP contribution in [0.25, 0.3) is 39.0 Å². The fraction of sp³-hybridized carbons (Fsp3) is 0.395. The third-order valence-electron chi connectivity index (χ3n) is 9.45. The molecular weight excluding hydrogens is 797 g/mol. The lowest BCUT2D eigenvalue weighted by molar-refractivity contribution is -0.153. The molecule has 1 aliphatic rings. The van der Waals surface area contributed by atoms with Crippen molar-refractivity contribution in [2.24, 2.45) is 7.05 Å². The minimum absolute atomic E-state index is 0.0406. The van der Waals surface area contributed by atoms with Crippen molar-refractivity contribution in [3.8, 4) is 39.4 Å². The van der Waals surface area contributed by atoms with Crippen LogP contribution >= 0.6 is 23.2 Å². The summed E-state index contributed by atoms with van der Waals surface area (Å²) in [5.41, 5.74) is 3.22. The van der Waals surface area contributed by atoms with Gasteiger partial charge in [-0.15, -0.1) is 0 Å². The summed E-state index contributed by atoms with van der Waals surface area (Å²) in [6.07, 6.45) is 2.25. The fourth-order valence-electron chi connectivity index (χ4n) is 6.76. The lowest BCUT2D eigenvalue weighted by Gasteiger charge is -2.29. The molecule has 2 N–H and O–H groups in total. The van der Waals surface area contributed by atoms with Crippen LogP contribution in [0.4, 0.5) is 4.79 Å². The smallest absolute Gasteiger partial charge is 0.410 e. The van der Waals surface area contributed by atoms with Crippen LogP contribution in [0.15, 0.2) is 65.6 Å². The maximum atomic E-state index is 13.4. The Balaban J connectivity index is 1.26. The number of carbonyl (C=O) groups excluding carboxylic acids is 3. The molecule has 6 rings (SSSR count). The molecule has 0 saturated carbocycles. The largest absolute Gasteiger partial charge is 0.481 e. The zero-order chi connectivity index (χ0) is 42.8. The monoisotopic (exact) mass is 845 g/mol. The second-order valence-electron chi connectivity index (χ2n) is 16.4. The third kappa shape index (κ3) is 10.2. The summed E-state index contributed by atoms with van der Waals surface area (Å²) in [6, 6.07) is 16.4. The first-order chi connectivity index (χ1) is 27.8. The summed E-state index contributed by atoms with van der Waals surface area (Å²) in [5, 5.41) is 11.4. The molecule has 5 aromatic rings. The summed E-state index contributed by atoms with van der Waals surface area (Å²) in [7, 11) is 3.14. The zero-order valence-corrected chi connectivity index (χ0v) is 36.0. The number of nitrogens with one attached hydrogen (secondary N) is 2. The van der Waals surface area contributed by atoms with Gasteiger partial charge in [0.05, 0.1) is 42.5 Å². The molecule has 0 unspecified atom stereocenters. The molecule has 2 amide bonds. The first-order valence-electron chi connectivity index (χ1n) is 19.2. The van der Waals surface area contributed by atoms with Gasteiger partial charge in [0.2, 0.25) is 11.8 Å². The highest BCUT2D eigenvalue weighted by Gasteiger charge is 2.30. The van der Waals surface area contributed by atoms with Crippen LogP contribution in [0.5, 0.6) is 5.88 Å². The van der Waals surface area contributed by atoms with Crippen molar-refractivity contribution in [2.75, 3.05) is 20.2 Å². The Bertz CT molecular complexity index is 2470. The maximum Gasteiger partial charge on any atom is 0.410 e. The lowest BCUT2D eigenvalue weighted by Crippen LogP contribution is -2.43. The Hall–Kier alpha value is -5.44. The Kier molecular flexibility index (Phi) is 12.7. The predicted octanol–water partition coefficient (Wildman–Crippen LogP) is 7.19. The van der Waals surface area contributed by atoms with E-state index in [1.807, 2.05) is 48.5 Å². The first kappa shape index (κ1) is 43.1. The highest BCUT2D eigenvalue weighted by atomic mass is 35.5. The second kappa shape index (κ2) is 17.4. The first-order valence-corrected chi connectivity index (χ1v) is 20.0. The standard InChI is InChI=1S/C43H49Cl2N7O7/c1-42(2,3)58-36(54)21-46-20-34-49-52-23-26(19-33(52)40(55)50(34)7)28-11-9-12-29(37(28)44)30-13-10-14-31(38(30)45)32-17-15-25(39(48-32)57-8)22-51(41(56)59-43(4,5)6)24-27-16-18-35(53)47-27/h9-15,17,19,23,27,46H,16,18,20-22,24H2,1-8H3,(H,47,53)/t27-/m0/s1. The number of aromatic nitrogens is 4. The Labute approximate surface area is 352 Å². The second-order valence-corrected chi connectivity index (χ2v) is 17.1. The molecule has 4 heterocycles. The molecule has 59 heavy (non-hydrogen) atoms. The van der Waals surface area contributed by atoms with Gasteiger partial charge in [0.25, 0.3) is 5.56 Å². The van der Waals surface area contributed by atoms with Crippen molar-refractivity contribution in [1.82, 2.24) is 34.7 Å². The van der Waals surface area contributed by atoms with Crippen LogP contribution in [-0.4, -0.2) is 79.5 Å². The number of nitrogens with zero attached hydrogens (tertiary/aromatic N) is 5. The predicted molar refractivity (Wildman–Crippen MR) is 226 cm³/mol. The average Bonchev–Trinajstić information content (AvgIpc) is 3.78. The molecule has 1 fully saturated rings. The SMILES string of the molecule is COc1nc(-c2cccc(-c3cccc(-c4cc5c(=O)n(C)c(CNCC(=O)OC(C)(C)C)nn5c4)c3Cl)c2Cl)ccc1CN(C[C@@H]1CCC(=O)N1)C(=O)OC(C)(C)C. The number of amides is 2. The number of pyridine rings is 1. The van der Waals surface area contributed by atoms with Gasteiger partial charge in [-0.3, -0.25) is 24.3 Å². The number of fused-ring (bicyclic) bond motifs is 1. The number of hydrogen-bond acceptors (Lipinski definition) is 10. The highest BCUT2D eigenvalue weighted by Crippen LogP contribution is 2.42. The average molecular weight is 847 g/mol. The molecule has 0 spiro atoms. The summed E-state index contributed by atoms with van der Waals surface area (Å²) < 4.78 is 19.7. The van der Waals surface area contributed by atoms with Gasteiger partial charge in [0.1, 0.15) is 22.5 Å². The van der Waals surface area contributed by atoms with Crippen molar-refractivity contribution in [3.63, 3.8) is 0 Å². The van der Waals surface area contributed by atoms with Gasteiger partial charge >= 0.3 is 12.1 Å². The molecule has 0 radical (unpaired) electrons. The fourth-order valence-corrected chi connectivity index (χ4v) is 7.42. The molecule has 14 nitrogen and oxygen atoms in total. The number of hydrogen-bond donors (Lipinski definition) is 2. The molecule has 1 aliphatic heterocycles. The minimum Gasteiger partial charge on any atom is -0.481 e. The van der Waals surface area contributed by atoms with Gasteiger partial charge in [0.15, 0.2) is 0 Å². The summed E-state index contributed by atoms with van der Waals surface area (Å²) in [4.78, 5) is 57.2. The van der Waals surface area contributed by atoms with Crippen LogP contribution in [-0.2, 0) is 39.2 Å². The molecule has 3 aromatic heterocycles. The van der Waals surface area contributed by atoms with Crippen LogP contribution in [0, 0.1) is 0 Å². The summed E-state index contributed by atoms with van der Waals surface area (Å²) >= 11 is 14.3. The van der Waals surface area contributed by atoms with Gasteiger partial charge in [-0.25, -0.2) is 14.3 Å². The zero-order valence-electron chi connectivity index (χ0n) is 34.4. The quantitative estimate of drug-likeness (QED) is 0.123. The van der Waals surface area contributed by atoms with E-state index in [0.717, 1.165) is 0 Å². The van der Waals surface area contributed by atoms with E-state index in [-0.39, 0.29) is 43.7 Å². The molecule has 1 atom stereocenters. The van der Waals surface area contributed by atoms with E-state index in [4.69, 9.17) is 42.4 Å². The molecule has 2 aromatic carbocycles. The van der Waals surface area contributed by atoms with E-state index in [0.29, 0.717) is 79.2 Å². The van der Waals surface area contributed by atoms with Crippen LogP contribution in [0.1, 0.15) is 65.8 Å². The van der Waals surface area contributed by atoms with Crippen molar-refractivity contribution >= 4 is 46.7 Å². The van der Waals surface area contributed by atoms with Crippen molar-refractivity contribution in [2.45, 2.75) is 84.7 Å². The number of ether oxygens (including phenoxy) is 3. The van der Waals surface area contributed by atoms with E-state index in [1.54, 1.807) is 65.8 Å². The molecule has 312 valence electrons. The Morgan fingerprint density at radius 3 is 2.20 bits per heavy atom. The van der Waals surface area contributed by atoms with E-state index < -0.39 is 23.3 Å². The van der Waals surface area contributed by atoms with Crippen LogP contribution in [0.3, 0.4) is 0 Å². The Morgan fingerprint density at radius 2 is 1.58 bits per heavy atom. The van der Waals surface area contributed by atoms with E-state index in [1.165, 1.54) is 16.2 Å². The lowest BCUT2D eigenvalue weighted by atomic mass is 9.97. The van der Waals surface area contributed by atoms with Gasteiger partial charge in [-0.2, -0.15) is 5.10 Å². The molecular formula is C43H49Cl2N7O7. The minimum atomic E-state index is -0.717. The van der Waals surface area contributed by atoms with E-state index in [2.05, 4.69) is 15.7 Å². The number of benzene rings is 2. The van der Waals surface area contributed by atoms with Crippen molar-refractivity contribution < 1.29 is 28.6 Å². The van der Waals surface area contributed by atoms with E-state index >= 15 is 0 Å². The highest BCUT2D eigenvalue weighted by molar-refractivity contribution is 6.39.